The molecule has 3 nitrogen and oxygen atoms in total. The first-order valence-corrected chi connectivity index (χ1v) is 5.22. The summed E-state index contributed by atoms with van der Waals surface area (Å²) in [5.74, 6) is -1.33. The highest BCUT2D eigenvalue weighted by Crippen LogP contribution is 2.40. The first-order chi connectivity index (χ1) is 7.31. The summed E-state index contributed by atoms with van der Waals surface area (Å²) in [5.41, 5.74) is 5.31. The molecule has 0 spiro atoms. The third-order valence-electron chi connectivity index (χ3n) is 2.68. The summed E-state index contributed by atoms with van der Waals surface area (Å²) in [6.07, 6.45) is 0. The fraction of sp³-hybridized carbons (Fsp3) is 0.455. The molecule has 0 saturated heterocycles. The number of rotatable bonds is 3. The molecule has 0 aliphatic heterocycles. The molecule has 1 atom stereocenters. The number of phenolic OH excluding ortho intramolecular Hbond substituents is 1. The molecule has 0 radical (unpaired) electrons. The lowest BCUT2D eigenvalue weighted by Crippen LogP contribution is -2.32. The standard InChI is InChI=1S/C11H15ClFNO2.ClH/c1-11(2,5-15)10(14)8-6(12)3-4-7(13)9(8)16;/h3-4,10,15-16H,5,14H2,1-2H3;1H/t10-;/m1./s1. The van der Waals surface area contributed by atoms with Gasteiger partial charge in [-0.15, -0.1) is 12.4 Å². The van der Waals surface area contributed by atoms with Gasteiger partial charge in [-0.25, -0.2) is 4.39 Å². The number of aliphatic hydroxyl groups excluding tert-OH is 1. The van der Waals surface area contributed by atoms with Crippen LogP contribution in [0.5, 0.6) is 5.75 Å². The highest BCUT2D eigenvalue weighted by molar-refractivity contribution is 6.31. The first kappa shape index (κ1) is 16.4. The van der Waals surface area contributed by atoms with Crippen LogP contribution in [-0.2, 0) is 0 Å². The maximum Gasteiger partial charge on any atom is 0.165 e. The molecular weight excluding hydrogens is 268 g/mol. The number of halogens is 3. The number of phenols is 1. The summed E-state index contributed by atoms with van der Waals surface area (Å²) in [5, 5.41) is 19.0. The van der Waals surface area contributed by atoms with Crippen molar-refractivity contribution in [2.45, 2.75) is 19.9 Å². The molecule has 0 amide bonds. The Hall–Kier alpha value is -0.550. The minimum Gasteiger partial charge on any atom is -0.505 e. The molecule has 0 aliphatic rings. The monoisotopic (exact) mass is 283 g/mol. The Bertz CT molecular complexity index is 399. The molecule has 1 aromatic rings. The minimum absolute atomic E-state index is 0. The number of aliphatic hydroxyl groups is 1. The maximum absolute atomic E-state index is 13.2. The van der Waals surface area contributed by atoms with E-state index in [1.54, 1.807) is 13.8 Å². The third-order valence-corrected chi connectivity index (χ3v) is 3.00. The average molecular weight is 284 g/mol. The van der Waals surface area contributed by atoms with Crippen molar-refractivity contribution in [1.29, 1.82) is 0 Å². The summed E-state index contributed by atoms with van der Waals surface area (Å²) in [6.45, 7) is 3.22. The fourth-order valence-corrected chi connectivity index (χ4v) is 1.61. The van der Waals surface area contributed by atoms with Gasteiger partial charge in [0.15, 0.2) is 11.6 Å². The molecule has 17 heavy (non-hydrogen) atoms. The lowest BCUT2D eigenvalue weighted by molar-refractivity contribution is 0.131. The molecule has 1 aromatic carbocycles. The van der Waals surface area contributed by atoms with E-state index in [4.69, 9.17) is 17.3 Å². The van der Waals surface area contributed by atoms with Crippen molar-refractivity contribution < 1.29 is 14.6 Å². The quantitative estimate of drug-likeness (QED) is 0.799. The molecule has 4 N–H and O–H groups in total. The van der Waals surface area contributed by atoms with Gasteiger partial charge in [-0.2, -0.15) is 0 Å². The molecule has 6 heteroatoms. The molecular formula is C11H16Cl2FNO2. The second kappa shape index (κ2) is 5.87. The van der Waals surface area contributed by atoms with Crippen molar-refractivity contribution in [2.24, 2.45) is 11.1 Å². The Kier molecular flexibility index (Phi) is 5.68. The van der Waals surface area contributed by atoms with Gasteiger partial charge in [0.1, 0.15) is 0 Å². The highest BCUT2D eigenvalue weighted by atomic mass is 35.5. The Labute approximate surface area is 111 Å². The zero-order valence-electron chi connectivity index (χ0n) is 9.58. The SMILES string of the molecule is CC(C)(CO)[C@H](N)c1c(Cl)ccc(F)c1O.Cl. The largest absolute Gasteiger partial charge is 0.505 e. The smallest absolute Gasteiger partial charge is 0.165 e. The number of hydrogen-bond acceptors (Lipinski definition) is 3. The van der Waals surface area contributed by atoms with E-state index in [1.807, 2.05) is 0 Å². The second-order valence-corrected chi connectivity index (χ2v) is 4.82. The van der Waals surface area contributed by atoms with Crippen LogP contribution in [0.3, 0.4) is 0 Å². The van der Waals surface area contributed by atoms with Gasteiger partial charge in [-0.05, 0) is 12.1 Å². The van der Waals surface area contributed by atoms with Crippen LogP contribution in [0, 0.1) is 11.2 Å². The molecule has 1 rings (SSSR count). The Morgan fingerprint density at radius 1 is 1.47 bits per heavy atom. The van der Waals surface area contributed by atoms with E-state index in [0.717, 1.165) is 6.07 Å². The van der Waals surface area contributed by atoms with E-state index in [-0.39, 0.29) is 29.6 Å². The Morgan fingerprint density at radius 3 is 2.47 bits per heavy atom. The fourth-order valence-electron chi connectivity index (χ4n) is 1.34. The van der Waals surface area contributed by atoms with Gasteiger partial charge in [0.05, 0.1) is 0 Å². The van der Waals surface area contributed by atoms with Crippen LogP contribution in [0.15, 0.2) is 12.1 Å². The van der Waals surface area contributed by atoms with Crippen molar-refractivity contribution >= 4 is 24.0 Å². The first-order valence-electron chi connectivity index (χ1n) is 4.84. The molecule has 0 fully saturated rings. The predicted molar refractivity (Wildman–Crippen MR) is 68.1 cm³/mol. The van der Waals surface area contributed by atoms with Crippen molar-refractivity contribution in [2.75, 3.05) is 6.61 Å². The normalized spacial score (nSPS) is 13.1. The van der Waals surface area contributed by atoms with E-state index in [9.17, 15) is 14.6 Å². The third kappa shape index (κ3) is 3.22. The van der Waals surface area contributed by atoms with Crippen molar-refractivity contribution in [1.82, 2.24) is 0 Å². The van der Waals surface area contributed by atoms with E-state index in [0.29, 0.717) is 0 Å². The Balaban J connectivity index is 0.00000256. The van der Waals surface area contributed by atoms with Crippen LogP contribution in [0.25, 0.3) is 0 Å². The summed E-state index contributed by atoms with van der Waals surface area (Å²) >= 11 is 5.87. The van der Waals surface area contributed by atoms with Crippen LogP contribution in [0.2, 0.25) is 5.02 Å². The van der Waals surface area contributed by atoms with Crippen LogP contribution in [0.4, 0.5) is 4.39 Å². The predicted octanol–water partition coefficient (Wildman–Crippen LogP) is 2.62. The van der Waals surface area contributed by atoms with Crippen molar-refractivity contribution in [3.05, 3.63) is 28.5 Å². The molecule has 0 saturated carbocycles. The van der Waals surface area contributed by atoms with Gasteiger partial charge in [0, 0.05) is 28.6 Å². The van der Waals surface area contributed by atoms with E-state index < -0.39 is 23.0 Å². The van der Waals surface area contributed by atoms with Gasteiger partial charge in [-0.3, -0.25) is 0 Å². The molecule has 0 unspecified atom stereocenters. The molecule has 0 bridgehead atoms. The average Bonchev–Trinajstić information content (AvgIpc) is 2.24. The zero-order valence-corrected chi connectivity index (χ0v) is 11.1. The van der Waals surface area contributed by atoms with E-state index in [1.165, 1.54) is 6.07 Å². The van der Waals surface area contributed by atoms with Gasteiger partial charge in [0.2, 0.25) is 0 Å². The highest BCUT2D eigenvalue weighted by Gasteiger charge is 2.31. The maximum atomic E-state index is 13.2. The Morgan fingerprint density at radius 2 is 2.00 bits per heavy atom. The summed E-state index contributed by atoms with van der Waals surface area (Å²) in [4.78, 5) is 0. The zero-order chi connectivity index (χ0) is 12.5. The van der Waals surface area contributed by atoms with Gasteiger partial charge < -0.3 is 15.9 Å². The van der Waals surface area contributed by atoms with Crippen molar-refractivity contribution in [3.8, 4) is 5.75 Å². The van der Waals surface area contributed by atoms with Crippen LogP contribution < -0.4 is 5.73 Å². The second-order valence-electron chi connectivity index (χ2n) is 4.42. The van der Waals surface area contributed by atoms with E-state index >= 15 is 0 Å². The minimum atomic E-state index is -0.774. The van der Waals surface area contributed by atoms with Gasteiger partial charge in [0.25, 0.3) is 0 Å². The summed E-state index contributed by atoms with van der Waals surface area (Å²) in [6, 6.07) is 1.65. The van der Waals surface area contributed by atoms with Gasteiger partial charge >= 0.3 is 0 Å². The molecule has 0 aliphatic carbocycles. The van der Waals surface area contributed by atoms with E-state index in [2.05, 4.69) is 0 Å². The molecule has 98 valence electrons. The summed E-state index contributed by atoms with van der Waals surface area (Å²) in [7, 11) is 0. The van der Waals surface area contributed by atoms with Crippen LogP contribution in [0.1, 0.15) is 25.5 Å². The van der Waals surface area contributed by atoms with Gasteiger partial charge in [-0.1, -0.05) is 25.4 Å². The number of hydrogen-bond donors (Lipinski definition) is 3. The lowest BCUT2D eigenvalue weighted by Gasteiger charge is -2.30. The lowest BCUT2D eigenvalue weighted by atomic mass is 9.81. The number of nitrogens with two attached hydrogens (primary N) is 1. The number of aromatic hydroxyl groups is 1. The van der Waals surface area contributed by atoms with Crippen LogP contribution in [-0.4, -0.2) is 16.8 Å². The number of benzene rings is 1. The van der Waals surface area contributed by atoms with Crippen molar-refractivity contribution in [3.63, 3.8) is 0 Å². The molecule has 0 heterocycles. The summed E-state index contributed by atoms with van der Waals surface area (Å²) < 4.78 is 13.2. The topological polar surface area (TPSA) is 66.5 Å². The van der Waals surface area contributed by atoms with Crippen LogP contribution >= 0.6 is 24.0 Å². The molecule has 0 aromatic heterocycles.